The SMILES string of the molecule is Cc1ccc(C(=O)N2CCCC(c3nc(-c4cccnc4)no3)CCNC(=O)CC2)cn1. The minimum atomic E-state index is -0.113. The van der Waals surface area contributed by atoms with E-state index in [2.05, 4.69) is 25.4 Å². The first kappa shape index (κ1) is 21.6. The van der Waals surface area contributed by atoms with Gasteiger partial charge in [0.05, 0.1) is 5.56 Å². The Labute approximate surface area is 186 Å². The molecule has 0 bridgehead atoms. The summed E-state index contributed by atoms with van der Waals surface area (Å²) < 4.78 is 5.55. The topological polar surface area (TPSA) is 114 Å². The smallest absolute Gasteiger partial charge is 0.255 e. The van der Waals surface area contributed by atoms with Gasteiger partial charge >= 0.3 is 0 Å². The van der Waals surface area contributed by atoms with Crippen molar-refractivity contribution < 1.29 is 14.1 Å². The number of carbonyl (C=O) groups is 2. The van der Waals surface area contributed by atoms with Crippen LogP contribution in [0.2, 0.25) is 0 Å². The van der Waals surface area contributed by atoms with Crippen molar-refractivity contribution in [3.8, 4) is 11.4 Å². The Balaban J connectivity index is 1.47. The Morgan fingerprint density at radius 1 is 1.19 bits per heavy atom. The quantitative estimate of drug-likeness (QED) is 0.674. The van der Waals surface area contributed by atoms with Crippen LogP contribution in [0, 0.1) is 6.92 Å². The molecule has 4 heterocycles. The van der Waals surface area contributed by atoms with E-state index in [0.717, 1.165) is 24.1 Å². The number of aryl methyl sites for hydroxylation is 1. The van der Waals surface area contributed by atoms with E-state index in [1.807, 2.05) is 25.1 Å². The van der Waals surface area contributed by atoms with Crippen molar-refractivity contribution in [2.75, 3.05) is 19.6 Å². The third-order valence-electron chi connectivity index (χ3n) is 5.56. The van der Waals surface area contributed by atoms with Gasteiger partial charge in [-0.2, -0.15) is 4.98 Å². The lowest BCUT2D eigenvalue weighted by molar-refractivity contribution is -0.121. The highest BCUT2D eigenvalue weighted by molar-refractivity contribution is 5.94. The summed E-state index contributed by atoms with van der Waals surface area (Å²) in [4.78, 5) is 39.9. The molecule has 1 fully saturated rings. The number of nitrogens with one attached hydrogen (secondary N) is 1. The lowest BCUT2D eigenvalue weighted by Gasteiger charge is -2.22. The van der Waals surface area contributed by atoms with Crippen LogP contribution in [0.4, 0.5) is 0 Å². The molecule has 1 aliphatic rings. The molecule has 4 rings (SSSR count). The molecule has 3 aromatic heterocycles. The lowest BCUT2D eigenvalue weighted by Crippen LogP contribution is -2.35. The van der Waals surface area contributed by atoms with E-state index in [0.29, 0.717) is 43.3 Å². The Morgan fingerprint density at radius 3 is 2.88 bits per heavy atom. The van der Waals surface area contributed by atoms with Crippen LogP contribution in [0.25, 0.3) is 11.4 Å². The zero-order valence-electron chi connectivity index (χ0n) is 18.0. The normalized spacial score (nSPS) is 18.0. The van der Waals surface area contributed by atoms with Gasteiger partial charge in [-0.25, -0.2) is 0 Å². The average molecular weight is 435 g/mol. The predicted molar refractivity (Wildman–Crippen MR) is 117 cm³/mol. The van der Waals surface area contributed by atoms with Crippen LogP contribution in [-0.4, -0.2) is 56.5 Å². The molecule has 1 N–H and O–H groups in total. The first-order chi connectivity index (χ1) is 15.6. The molecule has 1 saturated heterocycles. The van der Waals surface area contributed by atoms with Gasteiger partial charge in [-0.15, -0.1) is 0 Å². The third-order valence-corrected chi connectivity index (χ3v) is 5.56. The molecule has 1 aliphatic heterocycles. The molecule has 3 aromatic rings. The van der Waals surface area contributed by atoms with E-state index in [1.165, 1.54) is 0 Å². The summed E-state index contributed by atoms with van der Waals surface area (Å²) in [6.45, 7) is 3.31. The standard InChI is InChI=1S/C23H26N6O3/c1-16-6-7-19(15-26-16)23(31)29-12-3-5-17(8-11-25-20(30)9-13-29)22-27-21(28-32-22)18-4-2-10-24-14-18/h2,4,6-7,10,14-15,17H,3,5,8-9,11-13H2,1H3,(H,25,30). The molecule has 9 nitrogen and oxygen atoms in total. The third kappa shape index (κ3) is 5.35. The maximum absolute atomic E-state index is 13.0. The Kier molecular flexibility index (Phi) is 6.84. The summed E-state index contributed by atoms with van der Waals surface area (Å²) in [6.07, 6.45) is 7.45. The largest absolute Gasteiger partial charge is 0.356 e. The van der Waals surface area contributed by atoms with Gasteiger partial charge in [0.15, 0.2) is 0 Å². The number of aromatic nitrogens is 4. The molecule has 0 aromatic carbocycles. The van der Waals surface area contributed by atoms with Gasteiger partial charge in [-0.1, -0.05) is 5.16 Å². The van der Waals surface area contributed by atoms with E-state index in [9.17, 15) is 9.59 Å². The van der Waals surface area contributed by atoms with Crippen molar-refractivity contribution in [1.82, 2.24) is 30.3 Å². The number of carbonyl (C=O) groups excluding carboxylic acids is 2. The van der Waals surface area contributed by atoms with Crippen molar-refractivity contribution >= 4 is 11.8 Å². The zero-order chi connectivity index (χ0) is 22.3. The highest BCUT2D eigenvalue weighted by atomic mass is 16.5. The number of pyridine rings is 2. The summed E-state index contributed by atoms with van der Waals surface area (Å²) >= 11 is 0. The molecule has 9 heteroatoms. The van der Waals surface area contributed by atoms with E-state index in [4.69, 9.17) is 4.52 Å². The maximum Gasteiger partial charge on any atom is 0.255 e. The fraction of sp³-hybridized carbons (Fsp3) is 0.391. The van der Waals surface area contributed by atoms with Gasteiger partial charge in [0.1, 0.15) is 0 Å². The van der Waals surface area contributed by atoms with E-state index >= 15 is 0 Å². The van der Waals surface area contributed by atoms with E-state index in [1.54, 1.807) is 29.6 Å². The summed E-state index contributed by atoms with van der Waals surface area (Å²) in [6, 6.07) is 7.29. The molecule has 1 atom stereocenters. The molecular formula is C23H26N6O3. The minimum absolute atomic E-state index is 0.00989. The van der Waals surface area contributed by atoms with Crippen molar-refractivity contribution in [3.63, 3.8) is 0 Å². The monoisotopic (exact) mass is 434 g/mol. The number of rotatable bonds is 3. The molecule has 166 valence electrons. The molecule has 0 spiro atoms. The Bertz CT molecular complexity index is 1050. The fourth-order valence-electron chi connectivity index (χ4n) is 3.74. The number of hydrogen-bond acceptors (Lipinski definition) is 7. The summed E-state index contributed by atoms with van der Waals surface area (Å²) in [7, 11) is 0. The average Bonchev–Trinajstić information content (AvgIpc) is 3.29. The van der Waals surface area contributed by atoms with Gasteiger partial charge in [0.2, 0.25) is 17.6 Å². The van der Waals surface area contributed by atoms with Crippen molar-refractivity contribution in [2.24, 2.45) is 0 Å². The highest BCUT2D eigenvalue weighted by Gasteiger charge is 2.23. The van der Waals surface area contributed by atoms with Crippen molar-refractivity contribution in [1.29, 1.82) is 0 Å². The van der Waals surface area contributed by atoms with Crippen LogP contribution in [0.1, 0.15) is 53.5 Å². The molecule has 32 heavy (non-hydrogen) atoms. The predicted octanol–water partition coefficient (Wildman–Crippen LogP) is 2.75. The van der Waals surface area contributed by atoms with Crippen LogP contribution in [0.3, 0.4) is 0 Å². The molecule has 0 radical (unpaired) electrons. The second-order valence-electron chi connectivity index (χ2n) is 7.91. The second-order valence-corrected chi connectivity index (χ2v) is 7.91. The molecular weight excluding hydrogens is 408 g/mol. The Hall–Kier alpha value is -3.62. The van der Waals surface area contributed by atoms with E-state index in [-0.39, 0.29) is 24.2 Å². The first-order valence-corrected chi connectivity index (χ1v) is 10.8. The summed E-state index contributed by atoms with van der Waals surface area (Å²) in [5.74, 6) is 0.835. The number of amides is 2. The minimum Gasteiger partial charge on any atom is -0.356 e. The van der Waals surface area contributed by atoms with E-state index < -0.39 is 0 Å². The fourth-order valence-corrected chi connectivity index (χ4v) is 3.74. The van der Waals surface area contributed by atoms with Crippen LogP contribution in [0.5, 0.6) is 0 Å². The van der Waals surface area contributed by atoms with Crippen LogP contribution < -0.4 is 5.32 Å². The number of nitrogens with zero attached hydrogens (tertiary/aromatic N) is 5. The van der Waals surface area contributed by atoms with Crippen LogP contribution in [0.15, 0.2) is 47.4 Å². The van der Waals surface area contributed by atoms with Crippen LogP contribution >= 0.6 is 0 Å². The highest BCUT2D eigenvalue weighted by Crippen LogP contribution is 2.26. The Morgan fingerprint density at radius 2 is 2.09 bits per heavy atom. The van der Waals surface area contributed by atoms with Gasteiger partial charge in [0, 0.05) is 61.8 Å². The van der Waals surface area contributed by atoms with Gasteiger partial charge < -0.3 is 14.7 Å². The molecule has 1 unspecified atom stereocenters. The number of hydrogen-bond donors (Lipinski definition) is 1. The maximum atomic E-state index is 13.0. The molecule has 0 saturated carbocycles. The second kappa shape index (κ2) is 10.1. The van der Waals surface area contributed by atoms with Gasteiger partial charge in [-0.3, -0.25) is 19.6 Å². The summed E-state index contributed by atoms with van der Waals surface area (Å²) in [5.41, 5.74) is 2.17. The van der Waals surface area contributed by atoms with Crippen molar-refractivity contribution in [3.05, 3.63) is 60.0 Å². The summed E-state index contributed by atoms with van der Waals surface area (Å²) in [5, 5.41) is 7.03. The molecule has 2 amide bonds. The van der Waals surface area contributed by atoms with Gasteiger partial charge in [-0.05, 0) is 50.5 Å². The zero-order valence-corrected chi connectivity index (χ0v) is 18.0. The first-order valence-electron chi connectivity index (χ1n) is 10.8. The van der Waals surface area contributed by atoms with Gasteiger partial charge in [0.25, 0.3) is 5.91 Å². The van der Waals surface area contributed by atoms with Crippen LogP contribution in [-0.2, 0) is 4.79 Å². The lowest BCUT2D eigenvalue weighted by atomic mass is 9.99. The molecule has 0 aliphatic carbocycles. The van der Waals surface area contributed by atoms with Crippen molar-refractivity contribution in [2.45, 2.75) is 38.5 Å².